The molecule has 0 spiro atoms. The first kappa shape index (κ1) is 27.3. The molecule has 0 aromatic heterocycles. The van der Waals surface area contributed by atoms with Gasteiger partial charge in [-0.1, -0.05) is 124 Å². The van der Waals surface area contributed by atoms with Crippen LogP contribution < -0.4 is 0 Å². The van der Waals surface area contributed by atoms with Gasteiger partial charge in [0.2, 0.25) is 0 Å². The molecule has 4 aromatic rings. The van der Waals surface area contributed by atoms with Gasteiger partial charge in [0.25, 0.3) is 0 Å². The molecule has 2 heteroatoms. The van der Waals surface area contributed by atoms with Crippen LogP contribution in [0.1, 0.15) is 92.7 Å². The highest BCUT2D eigenvalue weighted by atomic mass is 14.8. The lowest BCUT2D eigenvalue weighted by molar-refractivity contribution is 0.835. The molecule has 194 valence electrons. The van der Waals surface area contributed by atoms with Crippen LogP contribution in [0, 0.1) is 6.92 Å². The van der Waals surface area contributed by atoms with Gasteiger partial charge in [-0.05, 0) is 66.5 Å². The van der Waals surface area contributed by atoms with Crippen LogP contribution in [0.3, 0.4) is 0 Å². The van der Waals surface area contributed by atoms with E-state index in [-0.39, 0.29) is 5.92 Å². The summed E-state index contributed by atoms with van der Waals surface area (Å²) in [6, 6.07) is 34.6. The summed E-state index contributed by atoms with van der Waals surface area (Å²) >= 11 is 0. The lowest BCUT2D eigenvalue weighted by Crippen LogP contribution is -2.08. The molecular weight excluding hydrogens is 460 g/mol. The zero-order valence-corrected chi connectivity index (χ0v) is 23.9. The zero-order valence-electron chi connectivity index (χ0n) is 23.9. The van der Waals surface area contributed by atoms with E-state index in [9.17, 15) is 0 Å². The van der Waals surface area contributed by atoms with E-state index in [2.05, 4.69) is 146 Å². The third-order valence-corrected chi connectivity index (χ3v) is 7.19. The van der Waals surface area contributed by atoms with Crippen molar-refractivity contribution in [1.29, 1.82) is 0 Å². The molecule has 0 fully saturated rings. The number of benzene rings is 4. The van der Waals surface area contributed by atoms with Gasteiger partial charge in [0, 0.05) is 5.92 Å². The van der Waals surface area contributed by atoms with Crippen LogP contribution >= 0.6 is 0 Å². The summed E-state index contributed by atoms with van der Waals surface area (Å²) in [6.45, 7) is 15.3. The second-order valence-electron chi connectivity index (χ2n) is 10.8. The molecule has 0 radical (unpaired) electrons. The largest absolute Gasteiger partial charge is 0.252 e. The number of aliphatic imine (C=N–C) groups is 2. The second-order valence-corrected chi connectivity index (χ2v) is 10.8. The third kappa shape index (κ3) is 6.19. The Morgan fingerprint density at radius 2 is 1.05 bits per heavy atom. The summed E-state index contributed by atoms with van der Waals surface area (Å²) in [6.07, 6.45) is 0. The minimum absolute atomic E-state index is 0.0929. The predicted octanol–water partition coefficient (Wildman–Crippen LogP) is 10.3. The molecule has 0 amide bonds. The first-order valence-corrected chi connectivity index (χ1v) is 13.7. The van der Waals surface area contributed by atoms with Crippen molar-refractivity contribution in [2.75, 3.05) is 0 Å². The number of hydrogen-bond acceptors (Lipinski definition) is 2. The lowest BCUT2D eigenvalue weighted by atomic mass is 9.83. The van der Waals surface area contributed by atoms with Gasteiger partial charge >= 0.3 is 0 Å². The highest BCUT2D eigenvalue weighted by Crippen LogP contribution is 2.38. The Morgan fingerprint density at radius 1 is 0.553 bits per heavy atom. The summed E-state index contributed by atoms with van der Waals surface area (Å²) in [5.74, 6) is 0.896. The molecule has 4 aromatic carbocycles. The van der Waals surface area contributed by atoms with Crippen LogP contribution in [0.5, 0.6) is 0 Å². The van der Waals surface area contributed by atoms with Gasteiger partial charge in [-0.3, -0.25) is 9.98 Å². The normalized spacial score (nSPS) is 12.6. The maximum absolute atomic E-state index is 5.20. The molecule has 38 heavy (non-hydrogen) atoms. The number of hydrogen-bond donors (Lipinski definition) is 0. The summed E-state index contributed by atoms with van der Waals surface area (Å²) in [7, 11) is 0. The van der Waals surface area contributed by atoms with Gasteiger partial charge in [0.15, 0.2) is 0 Å². The van der Waals surface area contributed by atoms with Crippen LogP contribution in [-0.4, -0.2) is 11.4 Å². The topological polar surface area (TPSA) is 24.7 Å². The summed E-state index contributed by atoms with van der Waals surface area (Å²) < 4.78 is 0. The van der Waals surface area contributed by atoms with Gasteiger partial charge in [-0.15, -0.1) is 0 Å². The molecule has 0 bridgehead atoms. The molecule has 0 saturated heterocycles. The van der Waals surface area contributed by atoms with Crippen LogP contribution in [-0.2, 0) is 0 Å². The van der Waals surface area contributed by atoms with Gasteiger partial charge in [0.1, 0.15) is 0 Å². The maximum Gasteiger partial charge on any atom is 0.0702 e. The number of rotatable bonds is 8. The average molecular weight is 501 g/mol. The number of nitrogens with zero attached hydrogens (tertiary/aromatic N) is 2. The van der Waals surface area contributed by atoms with E-state index >= 15 is 0 Å². The van der Waals surface area contributed by atoms with Gasteiger partial charge in [-0.25, -0.2) is 0 Å². The highest BCUT2D eigenvalue weighted by molar-refractivity contribution is 6.41. The second kappa shape index (κ2) is 12.2. The van der Waals surface area contributed by atoms with Crippen molar-refractivity contribution in [1.82, 2.24) is 0 Å². The van der Waals surface area contributed by atoms with Crippen molar-refractivity contribution in [2.45, 2.75) is 66.2 Å². The Morgan fingerprint density at radius 3 is 1.55 bits per heavy atom. The van der Waals surface area contributed by atoms with E-state index in [4.69, 9.17) is 9.98 Å². The van der Waals surface area contributed by atoms with E-state index < -0.39 is 0 Å². The summed E-state index contributed by atoms with van der Waals surface area (Å²) in [5, 5.41) is 0. The Bertz CT molecular complexity index is 1360. The van der Waals surface area contributed by atoms with Crippen molar-refractivity contribution in [3.8, 4) is 0 Å². The molecular formula is C36H40N2. The van der Waals surface area contributed by atoms with E-state index in [1.165, 1.54) is 33.4 Å². The fourth-order valence-electron chi connectivity index (χ4n) is 5.00. The molecule has 0 atom stereocenters. The molecule has 2 nitrogen and oxygen atoms in total. The molecule has 0 N–H and O–H groups in total. The van der Waals surface area contributed by atoms with Gasteiger partial charge < -0.3 is 0 Å². The minimum atomic E-state index is 0.0929. The summed E-state index contributed by atoms with van der Waals surface area (Å²) in [5.41, 5.74) is 11.5. The van der Waals surface area contributed by atoms with Crippen molar-refractivity contribution in [3.05, 3.63) is 130 Å². The van der Waals surface area contributed by atoms with Crippen molar-refractivity contribution in [2.24, 2.45) is 9.98 Å². The highest BCUT2D eigenvalue weighted by Gasteiger charge is 2.20. The van der Waals surface area contributed by atoms with E-state index in [0.717, 1.165) is 22.8 Å². The first-order chi connectivity index (χ1) is 18.3. The van der Waals surface area contributed by atoms with Gasteiger partial charge in [0.05, 0.1) is 22.8 Å². The Labute approximate surface area is 229 Å². The molecule has 0 aliphatic rings. The van der Waals surface area contributed by atoms with E-state index in [0.29, 0.717) is 11.8 Å². The average Bonchev–Trinajstić information content (AvgIpc) is 2.91. The lowest BCUT2D eigenvalue weighted by Gasteiger charge is -2.21. The van der Waals surface area contributed by atoms with Crippen LogP contribution in [0.25, 0.3) is 0 Å². The quantitative estimate of drug-likeness (QED) is 0.170. The van der Waals surface area contributed by atoms with Crippen LogP contribution in [0.4, 0.5) is 11.4 Å². The monoisotopic (exact) mass is 500 g/mol. The summed E-state index contributed by atoms with van der Waals surface area (Å²) in [4.78, 5) is 10.4. The fraction of sp³-hybridized carbons (Fsp3) is 0.278. The number of para-hydroxylation sites is 1. The molecule has 4 rings (SSSR count). The fourth-order valence-corrected chi connectivity index (χ4v) is 5.00. The number of aryl methyl sites for hydroxylation is 1. The van der Waals surface area contributed by atoms with Crippen LogP contribution in [0.2, 0.25) is 0 Å². The maximum atomic E-state index is 5.20. The smallest absolute Gasteiger partial charge is 0.0702 e. The molecule has 0 aliphatic heterocycles. The van der Waals surface area contributed by atoms with Crippen molar-refractivity contribution < 1.29 is 0 Å². The molecule has 0 saturated carbocycles. The molecule has 0 unspecified atom stereocenters. The Hall–Kier alpha value is -3.78. The van der Waals surface area contributed by atoms with E-state index in [1.54, 1.807) is 0 Å². The SMILES string of the molecule is CC(=Nc1ccc(C)cc1C(c1ccccc1)c1ccccc1)C(C)=Nc1c(C(C)C)cccc1C(C)C. The van der Waals surface area contributed by atoms with E-state index in [1.807, 2.05) is 0 Å². The molecule has 0 heterocycles. The van der Waals surface area contributed by atoms with Crippen molar-refractivity contribution in [3.63, 3.8) is 0 Å². The standard InChI is InChI=1S/C36H40N2/c1-24(2)31-19-14-20-32(25(3)4)36(31)38-28(7)27(6)37-34-22-21-26(5)23-33(34)35(29-15-10-8-11-16-29)30-17-12-9-13-18-30/h8-25,35H,1-7H3. The molecule has 0 aliphatic carbocycles. The van der Waals surface area contributed by atoms with Crippen molar-refractivity contribution >= 4 is 22.8 Å². The van der Waals surface area contributed by atoms with Crippen LogP contribution in [0.15, 0.2) is 107 Å². The Balaban J connectivity index is 1.84. The van der Waals surface area contributed by atoms with Gasteiger partial charge in [-0.2, -0.15) is 0 Å². The predicted molar refractivity (Wildman–Crippen MR) is 165 cm³/mol. The Kier molecular flexibility index (Phi) is 8.73. The minimum Gasteiger partial charge on any atom is -0.252 e. The first-order valence-electron chi connectivity index (χ1n) is 13.7. The third-order valence-electron chi connectivity index (χ3n) is 7.19. The zero-order chi connectivity index (χ0) is 27.2.